The van der Waals surface area contributed by atoms with Crippen LogP contribution in [0.15, 0.2) is 18.2 Å². The van der Waals surface area contributed by atoms with Crippen molar-refractivity contribution in [2.45, 2.75) is 0 Å². The molecule has 0 atom stereocenters. The predicted octanol–water partition coefficient (Wildman–Crippen LogP) is 1.24. The van der Waals surface area contributed by atoms with Gasteiger partial charge in [-0.1, -0.05) is 0 Å². The Kier molecular flexibility index (Phi) is 5.13. The third-order valence-corrected chi connectivity index (χ3v) is 2.15. The van der Waals surface area contributed by atoms with Gasteiger partial charge in [-0.3, -0.25) is 0 Å². The Balaban J connectivity index is 3.12. The largest absolute Gasteiger partial charge is 0.468 e. The van der Waals surface area contributed by atoms with Crippen LogP contribution in [0, 0.1) is 0 Å². The number of rotatable bonds is 5. The number of hydrogen-bond acceptors (Lipinski definition) is 6. The Bertz CT molecular complexity index is 440. The van der Waals surface area contributed by atoms with Gasteiger partial charge in [0.1, 0.15) is 5.75 Å². The van der Waals surface area contributed by atoms with E-state index in [1.54, 1.807) is 0 Å². The van der Waals surface area contributed by atoms with Gasteiger partial charge in [-0.2, -0.15) is 0 Å². The van der Waals surface area contributed by atoms with Gasteiger partial charge in [-0.25, -0.2) is 9.59 Å². The number of carbonyl (C=O) groups is 2. The normalized spacial score (nSPS) is 9.72. The molecule has 0 fully saturated rings. The van der Waals surface area contributed by atoms with Crippen LogP contribution in [0.3, 0.4) is 0 Å². The Morgan fingerprint density at radius 2 is 1.61 bits per heavy atom. The van der Waals surface area contributed by atoms with Crippen LogP contribution in [-0.2, 0) is 14.2 Å². The molecule has 0 radical (unpaired) electrons. The lowest BCUT2D eigenvalue weighted by Gasteiger charge is -2.09. The molecule has 98 valence electrons. The van der Waals surface area contributed by atoms with Crippen molar-refractivity contribution in [2.75, 3.05) is 28.1 Å². The minimum Gasteiger partial charge on any atom is -0.468 e. The summed E-state index contributed by atoms with van der Waals surface area (Å²) in [5.41, 5.74) is 0.201. The van der Waals surface area contributed by atoms with E-state index in [4.69, 9.17) is 9.47 Å². The van der Waals surface area contributed by atoms with Crippen molar-refractivity contribution in [3.8, 4) is 5.75 Å². The maximum absolute atomic E-state index is 11.6. The summed E-state index contributed by atoms with van der Waals surface area (Å²) in [6.45, 7) is 0.0399. The van der Waals surface area contributed by atoms with Crippen LogP contribution >= 0.6 is 0 Å². The Morgan fingerprint density at radius 1 is 1.00 bits per heavy atom. The molecule has 0 aliphatic rings. The zero-order chi connectivity index (χ0) is 13.5. The van der Waals surface area contributed by atoms with Gasteiger partial charge in [-0.15, -0.1) is 0 Å². The number of benzene rings is 1. The molecule has 0 saturated heterocycles. The molecule has 0 aliphatic carbocycles. The smallest absolute Gasteiger partial charge is 0.338 e. The average Bonchev–Trinajstić information content (AvgIpc) is 2.43. The van der Waals surface area contributed by atoms with E-state index in [2.05, 4.69) is 9.47 Å². The second-order valence-corrected chi connectivity index (χ2v) is 3.24. The maximum atomic E-state index is 11.6. The molecule has 0 amide bonds. The van der Waals surface area contributed by atoms with Crippen LogP contribution in [0.25, 0.3) is 0 Å². The highest BCUT2D eigenvalue weighted by molar-refractivity contribution is 6.03. The van der Waals surface area contributed by atoms with E-state index in [9.17, 15) is 9.59 Å². The molecule has 1 rings (SSSR count). The van der Waals surface area contributed by atoms with Crippen molar-refractivity contribution in [1.29, 1.82) is 0 Å². The van der Waals surface area contributed by atoms with E-state index in [1.807, 2.05) is 0 Å². The Labute approximate surface area is 104 Å². The molecule has 0 spiro atoms. The first-order valence-corrected chi connectivity index (χ1v) is 5.06. The third kappa shape index (κ3) is 3.21. The van der Waals surface area contributed by atoms with Gasteiger partial charge in [0.15, 0.2) is 6.79 Å². The fourth-order valence-corrected chi connectivity index (χ4v) is 1.31. The number of ether oxygens (including phenoxy) is 4. The molecule has 0 aliphatic heterocycles. The molecule has 0 unspecified atom stereocenters. The standard InChI is InChI=1S/C12H14O6/c1-15-7-18-8-4-5-9(11(13)16-2)10(6-8)12(14)17-3/h4-6H,7H2,1-3H3. The summed E-state index contributed by atoms with van der Waals surface area (Å²) in [6.07, 6.45) is 0. The van der Waals surface area contributed by atoms with Crippen LogP contribution < -0.4 is 4.74 Å². The zero-order valence-corrected chi connectivity index (χ0v) is 10.4. The highest BCUT2D eigenvalue weighted by atomic mass is 16.7. The second-order valence-electron chi connectivity index (χ2n) is 3.24. The molecule has 0 saturated carbocycles. The SMILES string of the molecule is COCOc1ccc(C(=O)OC)c(C(=O)OC)c1. The van der Waals surface area contributed by atoms with Crippen LogP contribution in [-0.4, -0.2) is 40.1 Å². The first-order chi connectivity index (χ1) is 8.63. The molecule has 6 nitrogen and oxygen atoms in total. The van der Waals surface area contributed by atoms with Gasteiger partial charge >= 0.3 is 11.9 Å². The Hall–Kier alpha value is -2.08. The second kappa shape index (κ2) is 6.61. The van der Waals surface area contributed by atoms with Crippen LogP contribution in [0.5, 0.6) is 5.75 Å². The monoisotopic (exact) mass is 254 g/mol. The van der Waals surface area contributed by atoms with Crippen molar-refractivity contribution in [3.63, 3.8) is 0 Å². The summed E-state index contributed by atoms with van der Waals surface area (Å²) in [4.78, 5) is 23.0. The number of methoxy groups -OCH3 is 3. The number of esters is 2. The molecule has 18 heavy (non-hydrogen) atoms. The lowest BCUT2D eigenvalue weighted by molar-refractivity contribution is 0.0499. The first-order valence-electron chi connectivity index (χ1n) is 5.06. The molecule has 6 heteroatoms. The minimum absolute atomic E-state index is 0.0399. The molecular weight excluding hydrogens is 240 g/mol. The third-order valence-electron chi connectivity index (χ3n) is 2.15. The zero-order valence-electron chi connectivity index (χ0n) is 10.4. The number of carbonyl (C=O) groups excluding carboxylic acids is 2. The van der Waals surface area contributed by atoms with E-state index < -0.39 is 11.9 Å². The molecular formula is C12H14O6. The average molecular weight is 254 g/mol. The summed E-state index contributed by atoms with van der Waals surface area (Å²) in [5, 5.41) is 0. The summed E-state index contributed by atoms with van der Waals surface area (Å²) in [6, 6.07) is 4.37. The summed E-state index contributed by atoms with van der Waals surface area (Å²) < 4.78 is 19.1. The molecule has 0 aromatic heterocycles. The highest BCUT2D eigenvalue weighted by Crippen LogP contribution is 2.19. The summed E-state index contributed by atoms with van der Waals surface area (Å²) in [5.74, 6) is -0.864. The first kappa shape index (κ1) is 14.0. The van der Waals surface area contributed by atoms with Gasteiger partial charge in [-0.05, 0) is 18.2 Å². The minimum atomic E-state index is -0.640. The Morgan fingerprint density at radius 3 is 2.17 bits per heavy atom. The summed E-state index contributed by atoms with van der Waals surface area (Å²) >= 11 is 0. The number of hydrogen-bond donors (Lipinski definition) is 0. The predicted molar refractivity (Wildman–Crippen MR) is 61.6 cm³/mol. The van der Waals surface area contributed by atoms with E-state index in [1.165, 1.54) is 39.5 Å². The lowest BCUT2D eigenvalue weighted by Crippen LogP contribution is -2.12. The van der Waals surface area contributed by atoms with Gasteiger partial charge in [0, 0.05) is 7.11 Å². The lowest BCUT2D eigenvalue weighted by atomic mass is 10.1. The fraction of sp³-hybridized carbons (Fsp3) is 0.333. The molecule has 1 aromatic rings. The molecule has 0 N–H and O–H groups in total. The van der Waals surface area contributed by atoms with E-state index in [0.717, 1.165) is 0 Å². The van der Waals surface area contributed by atoms with Gasteiger partial charge in [0.25, 0.3) is 0 Å². The topological polar surface area (TPSA) is 71.1 Å². The van der Waals surface area contributed by atoms with Crippen molar-refractivity contribution < 1.29 is 28.5 Å². The van der Waals surface area contributed by atoms with Crippen molar-refractivity contribution in [3.05, 3.63) is 29.3 Å². The summed E-state index contributed by atoms with van der Waals surface area (Å²) in [7, 11) is 3.94. The van der Waals surface area contributed by atoms with Gasteiger partial charge in [0.05, 0.1) is 25.3 Å². The van der Waals surface area contributed by atoms with Crippen LogP contribution in [0.4, 0.5) is 0 Å². The van der Waals surface area contributed by atoms with Crippen molar-refractivity contribution in [2.24, 2.45) is 0 Å². The molecule has 0 bridgehead atoms. The molecule has 1 aromatic carbocycles. The van der Waals surface area contributed by atoms with Gasteiger partial charge in [0.2, 0.25) is 0 Å². The van der Waals surface area contributed by atoms with E-state index in [0.29, 0.717) is 5.75 Å². The van der Waals surface area contributed by atoms with Crippen molar-refractivity contribution in [1.82, 2.24) is 0 Å². The van der Waals surface area contributed by atoms with Crippen LogP contribution in [0.2, 0.25) is 0 Å². The fourth-order valence-electron chi connectivity index (χ4n) is 1.31. The maximum Gasteiger partial charge on any atom is 0.338 e. The van der Waals surface area contributed by atoms with Crippen molar-refractivity contribution >= 4 is 11.9 Å². The van der Waals surface area contributed by atoms with E-state index >= 15 is 0 Å². The van der Waals surface area contributed by atoms with Crippen LogP contribution in [0.1, 0.15) is 20.7 Å². The quantitative estimate of drug-likeness (QED) is 0.581. The molecule has 0 heterocycles. The van der Waals surface area contributed by atoms with E-state index in [-0.39, 0.29) is 17.9 Å². The highest BCUT2D eigenvalue weighted by Gasteiger charge is 2.19. The van der Waals surface area contributed by atoms with Gasteiger partial charge < -0.3 is 18.9 Å².